The predicted octanol–water partition coefficient (Wildman–Crippen LogP) is 2.20. The van der Waals surface area contributed by atoms with Crippen LogP contribution >= 0.6 is 0 Å². The summed E-state index contributed by atoms with van der Waals surface area (Å²) in [5.74, 6) is -0.347. The average Bonchev–Trinajstić information content (AvgIpc) is 2.18. The minimum atomic E-state index is -0.880. The molecule has 2 nitrogen and oxygen atoms in total. The van der Waals surface area contributed by atoms with Crippen LogP contribution in [0.4, 0.5) is 4.39 Å². The van der Waals surface area contributed by atoms with Crippen molar-refractivity contribution >= 4 is 0 Å². The molecule has 0 saturated carbocycles. The van der Waals surface area contributed by atoms with Gasteiger partial charge < -0.3 is 9.84 Å². The summed E-state index contributed by atoms with van der Waals surface area (Å²) in [6.45, 7) is 4.16. The number of aliphatic hydroxyl groups excluding tert-OH is 1. The lowest BCUT2D eigenvalue weighted by Crippen LogP contribution is -2.09. The maximum absolute atomic E-state index is 13.5. The summed E-state index contributed by atoms with van der Waals surface area (Å²) < 4.78 is 18.5. The molecule has 1 aromatic rings. The van der Waals surface area contributed by atoms with Gasteiger partial charge >= 0.3 is 0 Å². The summed E-state index contributed by atoms with van der Waals surface area (Å²) in [5, 5.41) is 9.59. The number of hydrogen-bond acceptors (Lipinski definition) is 2. The Hall–Kier alpha value is -0.930. The number of aliphatic hydroxyl groups is 1. The highest BCUT2D eigenvalue weighted by Crippen LogP contribution is 2.19. The van der Waals surface area contributed by atoms with Crippen LogP contribution in [0.15, 0.2) is 18.2 Å². The van der Waals surface area contributed by atoms with E-state index in [-0.39, 0.29) is 12.4 Å². The van der Waals surface area contributed by atoms with Gasteiger partial charge in [-0.3, -0.25) is 0 Å². The third-order valence-corrected chi connectivity index (χ3v) is 2.06. The standard InChI is InChI=1S/C11H15FO2/c1-3-14-7-10(13)9-6-4-5-8(2)11(9)12/h4-6,10,13H,3,7H2,1-2H3. The Bertz CT molecular complexity index is 299. The third kappa shape index (κ3) is 2.53. The summed E-state index contributed by atoms with van der Waals surface area (Å²) >= 11 is 0. The van der Waals surface area contributed by atoms with Gasteiger partial charge in [-0.05, 0) is 19.4 Å². The zero-order chi connectivity index (χ0) is 10.6. The predicted molar refractivity (Wildman–Crippen MR) is 52.6 cm³/mol. The van der Waals surface area contributed by atoms with Crippen molar-refractivity contribution in [2.45, 2.75) is 20.0 Å². The molecule has 1 N–H and O–H groups in total. The van der Waals surface area contributed by atoms with Crippen molar-refractivity contribution < 1.29 is 14.2 Å². The van der Waals surface area contributed by atoms with Crippen molar-refractivity contribution in [2.75, 3.05) is 13.2 Å². The second-order valence-corrected chi connectivity index (χ2v) is 3.15. The summed E-state index contributed by atoms with van der Waals surface area (Å²) in [5.41, 5.74) is 0.844. The van der Waals surface area contributed by atoms with Crippen molar-refractivity contribution in [3.05, 3.63) is 35.1 Å². The molecule has 1 rings (SSSR count). The second kappa shape index (κ2) is 5.08. The van der Waals surface area contributed by atoms with Gasteiger partial charge in [-0.25, -0.2) is 4.39 Å². The third-order valence-electron chi connectivity index (χ3n) is 2.06. The number of hydrogen-bond donors (Lipinski definition) is 1. The topological polar surface area (TPSA) is 29.5 Å². The molecule has 0 fully saturated rings. The lowest BCUT2D eigenvalue weighted by atomic mass is 10.1. The molecule has 3 heteroatoms. The van der Waals surface area contributed by atoms with Gasteiger partial charge in [-0.2, -0.15) is 0 Å². The van der Waals surface area contributed by atoms with Crippen LogP contribution in [0.3, 0.4) is 0 Å². The highest BCUT2D eigenvalue weighted by atomic mass is 19.1. The Kier molecular flexibility index (Phi) is 4.04. The van der Waals surface area contributed by atoms with Gasteiger partial charge in [0, 0.05) is 12.2 Å². The molecule has 0 heterocycles. The van der Waals surface area contributed by atoms with Crippen LogP contribution < -0.4 is 0 Å². The maximum atomic E-state index is 13.5. The van der Waals surface area contributed by atoms with E-state index in [0.29, 0.717) is 17.7 Å². The van der Waals surface area contributed by atoms with Crippen LogP contribution in [-0.2, 0) is 4.74 Å². The van der Waals surface area contributed by atoms with E-state index in [1.54, 1.807) is 25.1 Å². The highest BCUT2D eigenvalue weighted by Gasteiger charge is 2.13. The van der Waals surface area contributed by atoms with Crippen LogP contribution in [0.2, 0.25) is 0 Å². The molecule has 1 unspecified atom stereocenters. The molecule has 0 bridgehead atoms. The Labute approximate surface area is 83.3 Å². The largest absolute Gasteiger partial charge is 0.386 e. The van der Waals surface area contributed by atoms with Crippen LogP contribution in [0.1, 0.15) is 24.2 Å². The molecule has 1 atom stereocenters. The fourth-order valence-electron chi connectivity index (χ4n) is 1.25. The van der Waals surface area contributed by atoms with E-state index in [2.05, 4.69) is 0 Å². The fourth-order valence-corrected chi connectivity index (χ4v) is 1.25. The van der Waals surface area contributed by atoms with Crippen molar-refractivity contribution in [2.24, 2.45) is 0 Å². The van der Waals surface area contributed by atoms with Gasteiger partial charge in [0.05, 0.1) is 6.61 Å². The molecule has 0 saturated heterocycles. The van der Waals surface area contributed by atoms with Crippen molar-refractivity contribution in [1.29, 1.82) is 0 Å². The van der Waals surface area contributed by atoms with Crippen LogP contribution in [-0.4, -0.2) is 18.3 Å². The SMILES string of the molecule is CCOCC(O)c1cccc(C)c1F. The first kappa shape index (κ1) is 11.1. The Balaban J connectivity index is 2.79. The minimum Gasteiger partial charge on any atom is -0.386 e. The Morgan fingerprint density at radius 1 is 1.50 bits per heavy atom. The highest BCUT2D eigenvalue weighted by molar-refractivity contribution is 5.26. The molecular weight excluding hydrogens is 183 g/mol. The summed E-state index contributed by atoms with van der Waals surface area (Å²) in [6.07, 6.45) is -0.880. The van der Waals surface area contributed by atoms with Crippen LogP contribution in [0.5, 0.6) is 0 Å². The van der Waals surface area contributed by atoms with Gasteiger partial charge in [-0.15, -0.1) is 0 Å². The molecule has 0 aromatic heterocycles. The molecule has 0 amide bonds. The average molecular weight is 198 g/mol. The number of ether oxygens (including phenoxy) is 1. The van der Waals surface area contributed by atoms with E-state index in [1.807, 2.05) is 6.92 Å². The summed E-state index contributed by atoms with van der Waals surface area (Å²) in [4.78, 5) is 0. The lowest BCUT2D eigenvalue weighted by Gasteiger charge is -2.12. The molecule has 0 aliphatic rings. The van der Waals surface area contributed by atoms with E-state index in [0.717, 1.165) is 0 Å². The van der Waals surface area contributed by atoms with Crippen molar-refractivity contribution in [1.82, 2.24) is 0 Å². The molecular formula is C11H15FO2. The van der Waals surface area contributed by atoms with Gasteiger partial charge in [0.25, 0.3) is 0 Å². The first-order valence-electron chi connectivity index (χ1n) is 4.67. The van der Waals surface area contributed by atoms with Gasteiger partial charge in [0.2, 0.25) is 0 Å². The number of aryl methyl sites for hydroxylation is 1. The number of rotatable bonds is 4. The smallest absolute Gasteiger partial charge is 0.131 e. The van der Waals surface area contributed by atoms with Gasteiger partial charge in [-0.1, -0.05) is 18.2 Å². The van der Waals surface area contributed by atoms with Crippen molar-refractivity contribution in [3.8, 4) is 0 Å². The molecule has 78 valence electrons. The monoisotopic (exact) mass is 198 g/mol. The fraction of sp³-hybridized carbons (Fsp3) is 0.455. The number of halogens is 1. The molecule has 0 radical (unpaired) electrons. The molecule has 14 heavy (non-hydrogen) atoms. The van der Waals surface area contributed by atoms with E-state index in [1.165, 1.54) is 0 Å². The lowest BCUT2D eigenvalue weighted by molar-refractivity contribution is 0.0401. The molecule has 0 aliphatic carbocycles. The first-order valence-corrected chi connectivity index (χ1v) is 4.67. The zero-order valence-electron chi connectivity index (χ0n) is 8.46. The van der Waals surface area contributed by atoms with Crippen LogP contribution in [0, 0.1) is 12.7 Å². The molecule has 1 aromatic carbocycles. The second-order valence-electron chi connectivity index (χ2n) is 3.15. The van der Waals surface area contributed by atoms with Gasteiger partial charge in [0.1, 0.15) is 11.9 Å². The minimum absolute atomic E-state index is 0.136. The Morgan fingerprint density at radius 2 is 2.21 bits per heavy atom. The summed E-state index contributed by atoms with van der Waals surface area (Å²) in [7, 11) is 0. The molecule has 0 spiro atoms. The summed E-state index contributed by atoms with van der Waals surface area (Å²) in [6, 6.07) is 4.97. The number of benzene rings is 1. The first-order chi connectivity index (χ1) is 6.66. The maximum Gasteiger partial charge on any atom is 0.131 e. The van der Waals surface area contributed by atoms with Crippen LogP contribution in [0.25, 0.3) is 0 Å². The van der Waals surface area contributed by atoms with E-state index >= 15 is 0 Å². The van der Waals surface area contributed by atoms with E-state index in [4.69, 9.17) is 4.74 Å². The van der Waals surface area contributed by atoms with Crippen molar-refractivity contribution in [3.63, 3.8) is 0 Å². The quantitative estimate of drug-likeness (QED) is 0.803. The van der Waals surface area contributed by atoms with E-state index in [9.17, 15) is 9.50 Å². The Morgan fingerprint density at radius 3 is 2.86 bits per heavy atom. The molecule has 0 aliphatic heterocycles. The normalized spacial score (nSPS) is 12.9. The van der Waals surface area contributed by atoms with Gasteiger partial charge in [0.15, 0.2) is 0 Å². The van der Waals surface area contributed by atoms with E-state index < -0.39 is 6.10 Å². The zero-order valence-corrected chi connectivity index (χ0v) is 8.46.